The van der Waals surface area contributed by atoms with E-state index < -0.39 is 6.23 Å². The molecule has 1 atom stereocenters. The van der Waals surface area contributed by atoms with Crippen molar-refractivity contribution in [3.8, 4) is 23.4 Å². The summed E-state index contributed by atoms with van der Waals surface area (Å²) in [5.74, 6) is 1.14. The van der Waals surface area contributed by atoms with Crippen LogP contribution in [0.4, 0.5) is 0 Å². The van der Waals surface area contributed by atoms with E-state index in [1.54, 1.807) is 24.4 Å². The summed E-state index contributed by atoms with van der Waals surface area (Å²) in [5.41, 5.74) is 3.87. The Morgan fingerprint density at radius 3 is 2.53 bits per heavy atom. The van der Waals surface area contributed by atoms with Crippen molar-refractivity contribution in [1.29, 1.82) is 5.26 Å². The minimum Gasteiger partial charge on any atom is -0.491 e. The first-order valence-corrected chi connectivity index (χ1v) is 10.7. The van der Waals surface area contributed by atoms with Gasteiger partial charge in [-0.15, -0.1) is 0 Å². The first kappa shape index (κ1) is 21.8. The Hall–Kier alpha value is -3.41. The van der Waals surface area contributed by atoms with Crippen molar-refractivity contribution in [2.75, 3.05) is 0 Å². The van der Waals surface area contributed by atoms with Crippen molar-refractivity contribution in [3.05, 3.63) is 65.1 Å². The molecule has 0 bridgehead atoms. The third-order valence-corrected chi connectivity index (χ3v) is 5.07. The molecule has 1 aliphatic heterocycles. The lowest BCUT2D eigenvalue weighted by Crippen LogP contribution is -2.24. The van der Waals surface area contributed by atoms with Gasteiger partial charge < -0.3 is 14.6 Å². The van der Waals surface area contributed by atoms with Crippen LogP contribution in [0.1, 0.15) is 56.3 Å². The Balaban J connectivity index is 1.54. The van der Waals surface area contributed by atoms with E-state index in [1.807, 2.05) is 55.6 Å². The van der Waals surface area contributed by atoms with Gasteiger partial charge in [0.15, 0.2) is 0 Å². The Labute approximate surface area is 187 Å². The Morgan fingerprint density at radius 2 is 1.84 bits per heavy atom. The van der Waals surface area contributed by atoms with Gasteiger partial charge in [-0.05, 0) is 52.0 Å². The van der Waals surface area contributed by atoms with Crippen LogP contribution in [-0.2, 0) is 13.1 Å². The number of nitrogens with zero attached hydrogens (tertiary/aromatic N) is 5. The minimum atomic E-state index is -0.910. The average Bonchev–Trinajstić information content (AvgIpc) is 3.32. The number of nitriles is 1. The van der Waals surface area contributed by atoms with Crippen LogP contribution < -0.4 is 9.47 Å². The van der Waals surface area contributed by atoms with Crippen molar-refractivity contribution in [1.82, 2.24) is 19.7 Å². The highest BCUT2D eigenvalue weighted by Gasteiger charge is 2.30. The molecule has 0 aliphatic carbocycles. The monoisotopic (exact) mass is 433 g/mol. The Bertz CT molecular complexity index is 1130. The summed E-state index contributed by atoms with van der Waals surface area (Å²) in [6.07, 6.45) is 2.76. The van der Waals surface area contributed by atoms with Crippen molar-refractivity contribution >= 4 is 0 Å². The number of benzene rings is 1. The summed E-state index contributed by atoms with van der Waals surface area (Å²) in [7, 11) is 0. The van der Waals surface area contributed by atoms with Crippen LogP contribution in [0.5, 0.6) is 11.6 Å². The molecule has 0 amide bonds. The third-order valence-electron chi connectivity index (χ3n) is 5.07. The molecule has 1 unspecified atom stereocenters. The van der Waals surface area contributed by atoms with E-state index in [2.05, 4.69) is 11.1 Å². The highest BCUT2D eigenvalue weighted by atomic mass is 16.5. The van der Waals surface area contributed by atoms with Crippen molar-refractivity contribution in [2.24, 2.45) is 0 Å². The maximum atomic E-state index is 11.1. The van der Waals surface area contributed by atoms with Gasteiger partial charge in [-0.2, -0.15) is 10.4 Å². The quantitative estimate of drug-likeness (QED) is 0.606. The summed E-state index contributed by atoms with van der Waals surface area (Å²) < 4.78 is 13.4. The van der Waals surface area contributed by atoms with Crippen LogP contribution in [0.25, 0.3) is 5.69 Å². The first-order valence-electron chi connectivity index (χ1n) is 10.7. The van der Waals surface area contributed by atoms with Crippen molar-refractivity contribution in [3.63, 3.8) is 0 Å². The standard InChI is InChI=1S/C24H27N5O3/c1-15(2)31-22-6-5-17(11-25)9-20(22)24(30)28-12-18-13-29(27-21(18)14-28)19-7-8-26-23(10-19)32-16(3)4/h5-10,13,15-16,24,30H,12,14H2,1-4H3. The molecule has 166 valence electrons. The SMILES string of the molecule is CC(C)Oc1cc(-n2cc3c(n2)CN(C(O)c2cc(C#N)ccc2OC(C)C)C3)ccn1. The second-order valence-electron chi connectivity index (χ2n) is 8.37. The largest absolute Gasteiger partial charge is 0.491 e. The summed E-state index contributed by atoms with van der Waals surface area (Å²) in [5, 5.41) is 25.1. The predicted molar refractivity (Wildman–Crippen MR) is 118 cm³/mol. The van der Waals surface area contributed by atoms with Crippen LogP contribution in [0, 0.1) is 11.3 Å². The molecule has 32 heavy (non-hydrogen) atoms. The fraction of sp³-hybridized carbons (Fsp3) is 0.375. The lowest BCUT2D eigenvalue weighted by molar-refractivity contribution is -0.00508. The molecule has 8 nitrogen and oxygen atoms in total. The molecule has 8 heteroatoms. The van der Waals surface area contributed by atoms with Crippen LogP contribution >= 0.6 is 0 Å². The van der Waals surface area contributed by atoms with Crippen LogP contribution in [0.15, 0.2) is 42.7 Å². The molecule has 0 fully saturated rings. The summed E-state index contributed by atoms with van der Waals surface area (Å²) >= 11 is 0. The van der Waals surface area contributed by atoms with E-state index in [9.17, 15) is 10.4 Å². The number of hydrogen-bond donors (Lipinski definition) is 1. The van der Waals surface area contributed by atoms with E-state index in [0.717, 1.165) is 16.9 Å². The normalized spacial score (nSPS) is 14.4. The highest BCUT2D eigenvalue weighted by Crippen LogP contribution is 2.35. The van der Waals surface area contributed by atoms with Gasteiger partial charge in [-0.1, -0.05) is 0 Å². The summed E-state index contributed by atoms with van der Waals surface area (Å²) in [4.78, 5) is 6.15. The number of aliphatic hydroxyl groups is 1. The van der Waals surface area contributed by atoms with Gasteiger partial charge in [0.25, 0.3) is 0 Å². The molecule has 3 heterocycles. The van der Waals surface area contributed by atoms with Gasteiger partial charge in [0.2, 0.25) is 5.88 Å². The average molecular weight is 434 g/mol. The van der Waals surface area contributed by atoms with Crippen molar-refractivity contribution < 1.29 is 14.6 Å². The van der Waals surface area contributed by atoms with E-state index in [4.69, 9.17) is 14.6 Å². The van der Waals surface area contributed by atoms with Gasteiger partial charge in [0.05, 0.1) is 35.2 Å². The highest BCUT2D eigenvalue weighted by molar-refractivity contribution is 5.44. The van der Waals surface area contributed by atoms with Gasteiger partial charge in [0, 0.05) is 42.7 Å². The number of fused-ring (bicyclic) bond motifs is 1. The molecule has 3 aromatic rings. The first-order chi connectivity index (χ1) is 15.3. The predicted octanol–water partition coefficient (Wildman–Crippen LogP) is 3.72. The van der Waals surface area contributed by atoms with Crippen LogP contribution in [-0.4, -0.2) is 37.0 Å². The number of aromatic nitrogens is 3. The molecule has 0 saturated carbocycles. The number of hydrogen-bond acceptors (Lipinski definition) is 7. The maximum absolute atomic E-state index is 11.1. The van der Waals surface area contributed by atoms with Crippen LogP contribution in [0.3, 0.4) is 0 Å². The molecule has 0 spiro atoms. The summed E-state index contributed by atoms with van der Waals surface area (Å²) in [6.45, 7) is 8.80. The van der Waals surface area contributed by atoms with E-state index in [0.29, 0.717) is 35.8 Å². The summed E-state index contributed by atoms with van der Waals surface area (Å²) in [6, 6.07) is 11.0. The van der Waals surface area contributed by atoms with E-state index in [1.165, 1.54) is 0 Å². The number of ether oxygens (including phenoxy) is 2. The van der Waals surface area contributed by atoms with Gasteiger partial charge in [0.1, 0.15) is 12.0 Å². The topological polar surface area (TPSA) is 96.4 Å². The lowest BCUT2D eigenvalue weighted by Gasteiger charge is -2.25. The molecule has 0 radical (unpaired) electrons. The number of pyridine rings is 1. The second kappa shape index (κ2) is 8.99. The second-order valence-corrected chi connectivity index (χ2v) is 8.37. The van der Waals surface area contributed by atoms with E-state index >= 15 is 0 Å². The minimum absolute atomic E-state index is 0.0412. The fourth-order valence-electron chi connectivity index (χ4n) is 3.71. The van der Waals surface area contributed by atoms with Gasteiger partial charge in [-0.25, -0.2) is 9.67 Å². The molecule has 0 saturated heterocycles. The number of rotatable bonds is 7. The Morgan fingerprint density at radius 1 is 1.06 bits per heavy atom. The Kier molecular flexibility index (Phi) is 6.12. The zero-order valence-corrected chi connectivity index (χ0v) is 18.7. The number of aliphatic hydroxyl groups excluding tert-OH is 1. The molecular formula is C24H27N5O3. The lowest BCUT2D eigenvalue weighted by atomic mass is 10.1. The molecule has 1 N–H and O–H groups in total. The molecule has 1 aliphatic rings. The zero-order valence-electron chi connectivity index (χ0n) is 18.7. The fourth-order valence-corrected chi connectivity index (χ4v) is 3.71. The van der Waals surface area contributed by atoms with Crippen LogP contribution in [0.2, 0.25) is 0 Å². The zero-order chi connectivity index (χ0) is 22.8. The molecular weight excluding hydrogens is 406 g/mol. The third kappa shape index (κ3) is 4.59. The van der Waals surface area contributed by atoms with Gasteiger partial charge >= 0.3 is 0 Å². The van der Waals surface area contributed by atoms with E-state index in [-0.39, 0.29) is 12.2 Å². The maximum Gasteiger partial charge on any atom is 0.215 e. The smallest absolute Gasteiger partial charge is 0.215 e. The molecule has 4 rings (SSSR count). The molecule has 1 aromatic carbocycles. The molecule has 2 aromatic heterocycles. The van der Waals surface area contributed by atoms with Gasteiger partial charge in [-0.3, -0.25) is 4.90 Å². The van der Waals surface area contributed by atoms with Crippen molar-refractivity contribution in [2.45, 2.75) is 59.2 Å².